The number of benzene rings is 1. The Bertz CT molecular complexity index is 441. The van der Waals surface area contributed by atoms with Crippen molar-refractivity contribution in [2.24, 2.45) is 0 Å². The second kappa shape index (κ2) is 5.56. The number of hydrogen-bond acceptors (Lipinski definition) is 3. The highest BCUT2D eigenvalue weighted by molar-refractivity contribution is 6.30. The fourth-order valence-corrected chi connectivity index (χ4v) is 2.17. The molecule has 0 saturated carbocycles. The molecular weight excluding hydrogens is 254 g/mol. The Balaban J connectivity index is 1.99. The number of nitrogens with one attached hydrogen (secondary N) is 2. The lowest BCUT2D eigenvalue weighted by Gasteiger charge is -2.26. The molecule has 0 radical (unpaired) electrons. The molecular formula is C12H16ClN3O2. The smallest absolute Gasteiger partial charge is 0.321 e. The van der Waals surface area contributed by atoms with E-state index >= 15 is 0 Å². The van der Waals surface area contributed by atoms with E-state index in [1.54, 1.807) is 31.3 Å². The summed E-state index contributed by atoms with van der Waals surface area (Å²) < 4.78 is 0. The van der Waals surface area contributed by atoms with E-state index in [1.807, 2.05) is 0 Å². The van der Waals surface area contributed by atoms with Gasteiger partial charge in [-0.15, -0.1) is 0 Å². The lowest BCUT2D eigenvalue weighted by Crippen LogP contribution is -2.46. The molecule has 1 aliphatic rings. The van der Waals surface area contributed by atoms with Crippen LogP contribution in [0.3, 0.4) is 0 Å². The average molecular weight is 270 g/mol. The maximum absolute atomic E-state index is 12.0. The summed E-state index contributed by atoms with van der Waals surface area (Å²) in [4.78, 5) is 13.5. The molecule has 3 N–H and O–H groups in total. The van der Waals surface area contributed by atoms with Gasteiger partial charge >= 0.3 is 6.03 Å². The third kappa shape index (κ3) is 2.93. The van der Waals surface area contributed by atoms with Crippen molar-refractivity contribution in [1.82, 2.24) is 10.2 Å². The van der Waals surface area contributed by atoms with Gasteiger partial charge in [0.15, 0.2) is 0 Å². The molecule has 0 aliphatic carbocycles. The number of hydrogen-bond donors (Lipinski definition) is 3. The van der Waals surface area contributed by atoms with Gasteiger partial charge in [0, 0.05) is 30.8 Å². The molecule has 98 valence electrons. The normalized spacial score (nSPS) is 22.8. The van der Waals surface area contributed by atoms with Crippen molar-refractivity contribution in [3.8, 4) is 0 Å². The van der Waals surface area contributed by atoms with E-state index in [0.29, 0.717) is 23.8 Å². The minimum absolute atomic E-state index is 0.204. The largest absolute Gasteiger partial charge is 0.390 e. The molecule has 2 rings (SSSR count). The van der Waals surface area contributed by atoms with Crippen LogP contribution >= 0.6 is 11.6 Å². The summed E-state index contributed by atoms with van der Waals surface area (Å²) in [7, 11) is 1.67. The van der Waals surface area contributed by atoms with Crippen LogP contribution in [0.2, 0.25) is 5.02 Å². The standard InChI is InChI=1S/C12H16ClN3O2/c1-16(10-6-14-7-11(10)17)12(18)15-9-4-2-3-8(13)5-9/h2-5,10-11,14,17H,6-7H2,1H3,(H,15,18)/t10-,11-/m0/s1. The van der Waals surface area contributed by atoms with E-state index < -0.39 is 6.10 Å². The van der Waals surface area contributed by atoms with Gasteiger partial charge in [0.1, 0.15) is 0 Å². The van der Waals surface area contributed by atoms with E-state index in [1.165, 1.54) is 4.90 Å². The van der Waals surface area contributed by atoms with Crippen molar-refractivity contribution >= 4 is 23.3 Å². The first-order valence-electron chi connectivity index (χ1n) is 5.76. The number of carbonyl (C=O) groups excluding carboxylic acids is 1. The van der Waals surface area contributed by atoms with Crippen molar-refractivity contribution in [3.05, 3.63) is 29.3 Å². The van der Waals surface area contributed by atoms with Crippen molar-refractivity contribution in [2.75, 3.05) is 25.5 Å². The molecule has 1 aromatic carbocycles. The van der Waals surface area contributed by atoms with Gasteiger partial charge in [-0.25, -0.2) is 4.79 Å². The number of aliphatic hydroxyl groups is 1. The van der Waals surface area contributed by atoms with Gasteiger partial charge < -0.3 is 20.6 Å². The number of β-amino-alcohol motifs (C(OH)–C–C–N with tert-alkyl or cyclic N) is 1. The highest BCUT2D eigenvalue weighted by atomic mass is 35.5. The summed E-state index contributed by atoms with van der Waals surface area (Å²) in [5, 5.41) is 16.1. The number of nitrogens with zero attached hydrogens (tertiary/aromatic N) is 1. The van der Waals surface area contributed by atoms with E-state index in [9.17, 15) is 9.90 Å². The Labute approximate surface area is 111 Å². The van der Waals surface area contributed by atoms with Gasteiger partial charge in [0.2, 0.25) is 0 Å². The van der Waals surface area contributed by atoms with Gasteiger partial charge in [0.25, 0.3) is 0 Å². The van der Waals surface area contributed by atoms with Crippen LogP contribution in [0.5, 0.6) is 0 Å². The van der Waals surface area contributed by atoms with E-state index in [4.69, 9.17) is 11.6 Å². The highest BCUT2D eigenvalue weighted by Crippen LogP contribution is 2.16. The molecule has 1 fully saturated rings. The maximum atomic E-state index is 12.0. The summed E-state index contributed by atoms with van der Waals surface area (Å²) in [5.41, 5.74) is 0.639. The SMILES string of the molecule is CN(C(=O)Nc1cccc(Cl)c1)[C@H]1CNC[C@@H]1O. The Kier molecular flexibility index (Phi) is 4.06. The van der Waals surface area contributed by atoms with Crippen LogP contribution in [0.4, 0.5) is 10.5 Å². The number of rotatable bonds is 2. The Morgan fingerprint density at radius 3 is 2.94 bits per heavy atom. The molecule has 0 bridgehead atoms. The monoisotopic (exact) mass is 269 g/mol. The third-order valence-corrected chi connectivity index (χ3v) is 3.28. The molecule has 1 aromatic rings. The van der Waals surface area contributed by atoms with Crippen molar-refractivity contribution in [3.63, 3.8) is 0 Å². The van der Waals surface area contributed by atoms with E-state index in [-0.39, 0.29) is 12.1 Å². The lowest BCUT2D eigenvalue weighted by molar-refractivity contribution is 0.115. The van der Waals surface area contributed by atoms with E-state index in [0.717, 1.165) is 0 Å². The molecule has 1 heterocycles. The highest BCUT2D eigenvalue weighted by Gasteiger charge is 2.31. The number of urea groups is 1. The molecule has 6 heteroatoms. The number of likely N-dealkylation sites (N-methyl/N-ethyl adjacent to an activating group) is 1. The summed E-state index contributed by atoms with van der Waals surface area (Å²) in [6, 6.07) is 6.49. The first-order valence-corrected chi connectivity index (χ1v) is 6.14. The Morgan fingerprint density at radius 2 is 2.33 bits per heavy atom. The summed E-state index contributed by atoms with van der Waals surface area (Å²) >= 11 is 5.84. The Hall–Kier alpha value is -1.30. The maximum Gasteiger partial charge on any atom is 0.321 e. The van der Waals surface area contributed by atoms with Crippen LogP contribution in [0.1, 0.15) is 0 Å². The van der Waals surface area contributed by atoms with Crippen LogP contribution < -0.4 is 10.6 Å². The summed E-state index contributed by atoms with van der Waals surface area (Å²) in [6.07, 6.45) is -0.528. The number of amides is 2. The molecule has 1 saturated heterocycles. The first kappa shape index (κ1) is 13.1. The predicted molar refractivity (Wildman–Crippen MR) is 70.9 cm³/mol. The fraction of sp³-hybridized carbons (Fsp3) is 0.417. The summed E-state index contributed by atoms with van der Waals surface area (Å²) in [5.74, 6) is 0. The third-order valence-electron chi connectivity index (χ3n) is 3.04. The number of anilines is 1. The molecule has 0 spiro atoms. The van der Waals surface area contributed by atoms with Crippen molar-refractivity contribution in [2.45, 2.75) is 12.1 Å². The average Bonchev–Trinajstić information content (AvgIpc) is 2.74. The minimum atomic E-state index is -0.528. The molecule has 5 nitrogen and oxygen atoms in total. The van der Waals surface area contributed by atoms with Crippen LogP contribution in [0.25, 0.3) is 0 Å². The van der Waals surface area contributed by atoms with Gasteiger partial charge in [-0.2, -0.15) is 0 Å². The van der Waals surface area contributed by atoms with Gasteiger partial charge in [0.05, 0.1) is 12.1 Å². The zero-order valence-electron chi connectivity index (χ0n) is 10.1. The van der Waals surface area contributed by atoms with Crippen LogP contribution in [0.15, 0.2) is 24.3 Å². The van der Waals surface area contributed by atoms with Crippen molar-refractivity contribution in [1.29, 1.82) is 0 Å². The Morgan fingerprint density at radius 1 is 1.56 bits per heavy atom. The van der Waals surface area contributed by atoms with Crippen molar-refractivity contribution < 1.29 is 9.90 Å². The summed E-state index contributed by atoms with van der Waals surface area (Å²) in [6.45, 7) is 1.11. The molecule has 0 unspecified atom stereocenters. The topological polar surface area (TPSA) is 64.6 Å². The predicted octanol–water partition coefficient (Wildman–Crippen LogP) is 1.14. The molecule has 2 amide bonds. The van der Waals surface area contributed by atoms with Crippen LogP contribution in [0, 0.1) is 0 Å². The van der Waals surface area contributed by atoms with Gasteiger partial charge in [-0.05, 0) is 18.2 Å². The molecule has 1 aliphatic heterocycles. The van der Waals surface area contributed by atoms with Gasteiger partial charge in [-0.3, -0.25) is 0 Å². The van der Waals surface area contributed by atoms with Crippen LogP contribution in [-0.4, -0.2) is 48.3 Å². The molecule has 18 heavy (non-hydrogen) atoms. The minimum Gasteiger partial charge on any atom is -0.390 e. The number of halogens is 1. The second-order valence-electron chi connectivity index (χ2n) is 4.34. The number of aliphatic hydroxyl groups excluding tert-OH is 1. The fourth-order valence-electron chi connectivity index (χ4n) is 1.97. The molecule has 0 aromatic heterocycles. The lowest BCUT2D eigenvalue weighted by atomic mass is 10.2. The zero-order chi connectivity index (χ0) is 13.1. The van der Waals surface area contributed by atoms with Gasteiger partial charge in [-0.1, -0.05) is 17.7 Å². The first-order chi connectivity index (χ1) is 8.58. The zero-order valence-corrected chi connectivity index (χ0v) is 10.8. The van der Waals surface area contributed by atoms with Crippen LogP contribution in [-0.2, 0) is 0 Å². The number of carbonyl (C=O) groups is 1. The second-order valence-corrected chi connectivity index (χ2v) is 4.78. The molecule has 2 atom stereocenters. The van der Waals surface area contributed by atoms with E-state index in [2.05, 4.69) is 10.6 Å². The quantitative estimate of drug-likeness (QED) is 0.754.